The van der Waals surface area contributed by atoms with E-state index in [1.807, 2.05) is 56.4 Å². The number of ether oxygens (including phenoxy) is 3. The van der Waals surface area contributed by atoms with Gasteiger partial charge in [-0.25, -0.2) is 8.51 Å². The molecule has 0 bridgehead atoms. The fourth-order valence-corrected chi connectivity index (χ4v) is 8.62. The Labute approximate surface area is 235 Å². The summed E-state index contributed by atoms with van der Waals surface area (Å²) in [6.45, 7) is 6.20. The lowest BCUT2D eigenvalue weighted by Crippen LogP contribution is -2.39. The van der Waals surface area contributed by atoms with E-state index in [9.17, 15) is 4.21 Å². The number of hydrogen-bond donors (Lipinski definition) is 0. The van der Waals surface area contributed by atoms with E-state index in [4.69, 9.17) is 14.2 Å². The highest BCUT2D eigenvalue weighted by Gasteiger charge is 2.35. The number of fused-ring (bicyclic) bond motifs is 1. The Kier molecular flexibility index (Phi) is 8.08. The van der Waals surface area contributed by atoms with Crippen LogP contribution in [-0.2, 0) is 11.0 Å². The van der Waals surface area contributed by atoms with E-state index < -0.39 is 23.7 Å². The van der Waals surface area contributed by atoms with Crippen molar-refractivity contribution in [2.24, 2.45) is 0 Å². The molecule has 0 amide bonds. The summed E-state index contributed by atoms with van der Waals surface area (Å²) in [7, 11) is 1.35. The number of benzene rings is 4. The molecule has 1 heterocycles. The van der Waals surface area contributed by atoms with Gasteiger partial charge in [0.1, 0.15) is 16.7 Å². The maximum atomic E-state index is 13.9. The number of hydrogen-bond acceptors (Lipinski definition) is 4. The highest BCUT2D eigenvalue weighted by atomic mass is 32.2. The maximum Gasteiger partial charge on any atom is 0.231 e. The lowest BCUT2D eigenvalue weighted by atomic mass is 9.98. The zero-order valence-electron chi connectivity index (χ0n) is 23.0. The van der Waals surface area contributed by atoms with Crippen molar-refractivity contribution in [3.63, 3.8) is 0 Å². The second-order valence-electron chi connectivity index (χ2n) is 10.4. The van der Waals surface area contributed by atoms with Crippen LogP contribution in [0, 0.1) is 0 Å². The quantitative estimate of drug-likeness (QED) is 0.261. The molecule has 0 fully saturated rings. The summed E-state index contributed by atoms with van der Waals surface area (Å²) >= 11 is 0. The fourth-order valence-electron chi connectivity index (χ4n) is 4.84. The summed E-state index contributed by atoms with van der Waals surface area (Å²) in [6.07, 6.45) is 0. The minimum Gasteiger partial charge on any atom is -0.497 e. The fraction of sp³-hybridized carbons (Fsp3) is 0.250. The lowest BCUT2D eigenvalue weighted by molar-refractivity contribution is 0.174. The Morgan fingerprint density at radius 2 is 1.38 bits per heavy atom. The molecule has 0 aromatic heterocycles. The van der Waals surface area contributed by atoms with E-state index in [1.54, 1.807) is 7.11 Å². The SMILES string of the molecule is COc1ccc(C(c2cc3c(cc2P(c2ccccc2)c2ccccc2)OCO3)N(C)S(=O)C(C)(C)C)cc1. The Bertz CT molecular complexity index is 1400. The summed E-state index contributed by atoms with van der Waals surface area (Å²) in [4.78, 5) is 0. The first-order valence-corrected chi connectivity index (χ1v) is 15.4. The maximum absolute atomic E-state index is 13.9. The largest absolute Gasteiger partial charge is 0.497 e. The van der Waals surface area contributed by atoms with Crippen LogP contribution in [0.4, 0.5) is 0 Å². The number of methoxy groups -OCH3 is 1. The molecule has 1 aliphatic heterocycles. The summed E-state index contributed by atoms with van der Waals surface area (Å²) in [5.74, 6) is 2.22. The summed E-state index contributed by atoms with van der Waals surface area (Å²) in [5.41, 5.74) is 2.07. The number of nitrogens with zero attached hydrogens (tertiary/aromatic N) is 1. The third kappa shape index (κ3) is 5.74. The third-order valence-corrected chi connectivity index (χ3v) is 10.9. The Balaban J connectivity index is 1.78. The van der Waals surface area contributed by atoms with Gasteiger partial charge in [0.2, 0.25) is 6.79 Å². The van der Waals surface area contributed by atoms with Crippen LogP contribution < -0.4 is 30.1 Å². The van der Waals surface area contributed by atoms with E-state index >= 15 is 0 Å². The normalized spacial score (nSPS) is 14.4. The van der Waals surface area contributed by atoms with Crippen molar-refractivity contribution in [2.45, 2.75) is 31.6 Å². The van der Waals surface area contributed by atoms with Crippen LogP contribution >= 0.6 is 7.92 Å². The van der Waals surface area contributed by atoms with Gasteiger partial charge in [0.25, 0.3) is 0 Å². The summed E-state index contributed by atoms with van der Waals surface area (Å²) in [6, 6.07) is 33.1. The van der Waals surface area contributed by atoms with Gasteiger partial charge in [-0.15, -0.1) is 0 Å². The summed E-state index contributed by atoms with van der Waals surface area (Å²) in [5, 5.41) is 3.60. The van der Waals surface area contributed by atoms with Gasteiger partial charge in [0.05, 0.1) is 17.9 Å². The van der Waals surface area contributed by atoms with Crippen molar-refractivity contribution in [3.8, 4) is 17.2 Å². The molecule has 0 spiro atoms. The smallest absolute Gasteiger partial charge is 0.231 e. The van der Waals surface area contributed by atoms with E-state index in [-0.39, 0.29) is 12.8 Å². The predicted molar refractivity (Wildman–Crippen MR) is 162 cm³/mol. The molecule has 0 radical (unpaired) electrons. The molecule has 1 aliphatic rings. The topological polar surface area (TPSA) is 48.0 Å². The van der Waals surface area contributed by atoms with Crippen molar-refractivity contribution in [3.05, 3.63) is 108 Å². The molecule has 0 N–H and O–H groups in total. The molecule has 2 atom stereocenters. The molecular formula is C32H34NO4PS. The second kappa shape index (κ2) is 11.5. The minimum absolute atomic E-state index is 0.184. The summed E-state index contributed by atoms with van der Waals surface area (Å²) < 4.78 is 32.7. The van der Waals surface area contributed by atoms with Crippen molar-refractivity contribution < 1.29 is 18.4 Å². The predicted octanol–water partition coefficient (Wildman–Crippen LogP) is 5.67. The van der Waals surface area contributed by atoms with Gasteiger partial charge in [-0.05, 0) is 80.0 Å². The van der Waals surface area contributed by atoms with Crippen molar-refractivity contribution >= 4 is 34.8 Å². The van der Waals surface area contributed by atoms with Crippen LogP contribution in [0.2, 0.25) is 0 Å². The van der Waals surface area contributed by atoms with Gasteiger partial charge in [0, 0.05) is 7.05 Å². The highest BCUT2D eigenvalue weighted by Crippen LogP contribution is 2.44. The van der Waals surface area contributed by atoms with Crippen LogP contribution in [0.15, 0.2) is 97.1 Å². The molecule has 0 aliphatic carbocycles. The standard InChI is InChI=1S/C32H34NO4PS/c1-32(2,3)39(34)33(4)31(23-16-18-24(35-5)19-17-23)27-20-28-29(37-22-36-28)21-30(27)38(25-12-8-6-9-13-25)26-14-10-7-11-15-26/h6-21,31H,22H2,1-5H3. The average Bonchev–Trinajstić information content (AvgIpc) is 3.41. The second-order valence-corrected chi connectivity index (χ2v) is 14.8. The lowest BCUT2D eigenvalue weighted by Gasteiger charge is -2.35. The van der Waals surface area contributed by atoms with Crippen molar-refractivity contribution in [1.82, 2.24) is 4.31 Å². The average molecular weight is 560 g/mol. The highest BCUT2D eigenvalue weighted by molar-refractivity contribution is 7.84. The first-order chi connectivity index (χ1) is 18.8. The first kappa shape index (κ1) is 27.4. The zero-order chi connectivity index (χ0) is 27.6. The van der Waals surface area contributed by atoms with E-state index in [2.05, 4.69) is 72.8 Å². The van der Waals surface area contributed by atoms with Gasteiger partial charge in [-0.2, -0.15) is 0 Å². The molecule has 0 saturated heterocycles. The first-order valence-electron chi connectivity index (χ1n) is 12.9. The molecule has 5 rings (SSSR count). The van der Waals surface area contributed by atoms with Crippen molar-refractivity contribution in [2.75, 3.05) is 21.0 Å². The Morgan fingerprint density at radius 3 is 1.90 bits per heavy atom. The van der Waals surface area contributed by atoms with Gasteiger partial charge in [-0.3, -0.25) is 0 Å². The van der Waals surface area contributed by atoms with Crippen LogP contribution in [0.3, 0.4) is 0 Å². The molecule has 2 unspecified atom stereocenters. The molecule has 4 aromatic carbocycles. The van der Waals surface area contributed by atoms with Gasteiger partial charge >= 0.3 is 0 Å². The van der Waals surface area contributed by atoms with Crippen molar-refractivity contribution in [1.29, 1.82) is 0 Å². The minimum atomic E-state index is -1.29. The van der Waals surface area contributed by atoms with Gasteiger partial charge < -0.3 is 14.2 Å². The van der Waals surface area contributed by atoms with Gasteiger partial charge in [-0.1, -0.05) is 72.8 Å². The molecule has 7 heteroatoms. The Hall–Kier alpha value is -3.18. The molecule has 5 nitrogen and oxygen atoms in total. The van der Waals surface area contributed by atoms with Crippen LogP contribution in [0.25, 0.3) is 0 Å². The van der Waals surface area contributed by atoms with E-state index in [0.29, 0.717) is 5.75 Å². The number of rotatable bonds is 8. The van der Waals surface area contributed by atoms with Crippen LogP contribution in [0.5, 0.6) is 17.2 Å². The Morgan fingerprint density at radius 1 is 0.846 bits per heavy atom. The van der Waals surface area contributed by atoms with E-state index in [1.165, 1.54) is 10.6 Å². The van der Waals surface area contributed by atoms with Crippen LogP contribution in [0.1, 0.15) is 37.9 Å². The molecule has 202 valence electrons. The molecule has 39 heavy (non-hydrogen) atoms. The van der Waals surface area contributed by atoms with E-state index in [0.717, 1.165) is 27.9 Å². The van der Waals surface area contributed by atoms with Gasteiger partial charge in [0.15, 0.2) is 11.5 Å². The molecular weight excluding hydrogens is 525 g/mol. The monoisotopic (exact) mass is 559 g/mol. The zero-order valence-corrected chi connectivity index (χ0v) is 24.7. The molecule has 4 aromatic rings. The third-order valence-electron chi connectivity index (χ3n) is 6.67. The molecule has 0 saturated carbocycles. The van der Waals surface area contributed by atoms with Crippen LogP contribution in [-0.4, -0.2) is 34.2 Å².